The summed E-state index contributed by atoms with van der Waals surface area (Å²) in [5.41, 5.74) is 7.29. The Morgan fingerprint density at radius 1 is 1.08 bits per heavy atom. The largest absolute Gasteiger partial charge is 0.573 e. The topological polar surface area (TPSA) is 132 Å². The van der Waals surface area contributed by atoms with E-state index in [0.29, 0.717) is 16.7 Å². The molecule has 1 fully saturated rings. The lowest BCUT2D eigenvalue weighted by Gasteiger charge is -2.26. The van der Waals surface area contributed by atoms with Crippen LogP contribution < -0.4 is 26.0 Å². The van der Waals surface area contributed by atoms with Crippen LogP contribution in [0.25, 0.3) is 11.0 Å². The number of carbonyl (C=O) groups is 3. The first-order chi connectivity index (χ1) is 18.5. The van der Waals surface area contributed by atoms with Gasteiger partial charge in [0.1, 0.15) is 5.75 Å². The van der Waals surface area contributed by atoms with Gasteiger partial charge in [-0.2, -0.15) is 0 Å². The molecule has 1 saturated carbocycles. The Hall–Kier alpha value is -4.29. The van der Waals surface area contributed by atoms with Gasteiger partial charge in [0.2, 0.25) is 17.8 Å². The molecule has 0 spiro atoms. The third-order valence-electron chi connectivity index (χ3n) is 6.56. The zero-order chi connectivity index (χ0) is 28.2. The molecule has 4 N–H and O–H groups in total. The molecule has 39 heavy (non-hydrogen) atoms. The van der Waals surface area contributed by atoms with Gasteiger partial charge in [0.25, 0.3) is 0 Å². The van der Waals surface area contributed by atoms with Crippen molar-refractivity contribution in [2.24, 2.45) is 11.7 Å². The SMILES string of the molecule is CN(C(=O)C1CCCCC1)c1ccc2c(c1)nc(NC(=O)Nc1ccc(OC(F)(F)F)cc1)n2CCC(N)=O. The lowest BCUT2D eigenvalue weighted by Crippen LogP contribution is -2.33. The predicted molar refractivity (Wildman–Crippen MR) is 139 cm³/mol. The molecule has 0 aliphatic heterocycles. The van der Waals surface area contributed by atoms with Gasteiger partial charge in [0.05, 0.1) is 11.0 Å². The highest BCUT2D eigenvalue weighted by Gasteiger charge is 2.31. The number of hydrogen-bond donors (Lipinski definition) is 3. The van der Waals surface area contributed by atoms with Crippen LogP contribution in [-0.2, 0) is 16.1 Å². The first kappa shape index (κ1) is 27.7. The molecule has 0 atom stereocenters. The third kappa shape index (κ3) is 7.18. The number of imidazole rings is 1. The second kappa shape index (κ2) is 11.6. The number of halogens is 3. The lowest BCUT2D eigenvalue weighted by molar-refractivity contribution is -0.274. The highest BCUT2D eigenvalue weighted by Crippen LogP contribution is 2.30. The van der Waals surface area contributed by atoms with E-state index in [4.69, 9.17) is 5.73 Å². The van der Waals surface area contributed by atoms with Crippen LogP contribution in [0.1, 0.15) is 38.5 Å². The minimum Gasteiger partial charge on any atom is -0.406 e. The van der Waals surface area contributed by atoms with Gasteiger partial charge in [-0.05, 0) is 55.3 Å². The Morgan fingerprint density at radius 2 is 1.77 bits per heavy atom. The maximum Gasteiger partial charge on any atom is 0.573 e. The standard InChI is InChI=1S/C26H29F3N6O4/c1-34(23(37)16-5-3-2-4-6-16)18-9-12-21-20(15-18)32-24(35(21)14-13-22(30)36)33-25(38)31-17-7-10-19(11-8-17)39-26(27,28)29/h7-12,15-16H,2-6,13-14H2,1H3,(H2,30,36)(H2,31,32,33,38). The van der Waals surface area contributed by atoms with E-state index in [2.05, 4.69) is 20.4 Å². The molecule has 1 aliphatic rings. The second-order valence-corrected chi connectivity index (χ2v) is 9.36. The van der Waals surface area contributed by atoms with Crippen molar-refractivity contribution in [2.45, 2.75) is 51.4 Å². The molecule has 1 aliphatic carbocycles. The molecule has 13 heteroatoms. The molecule has 4 amide bonds. The molecule has 0 saturated heterocycles. The average molecular weight is 547 g/mol. The number of rotatable bonds is 8. The number of anilines is 3. The smallest absolute Gasteiger partial charge is 0.406 e. The van der Waals surface area contributed by atoms with Crippen molar-refractivity contribution in [1.82, 2.24) is 9.55 Å². The van der Waals surface area contributed by atoms with Crippen molar-refractivity contribution >= 4 is 46.2 Å². The lowest BCUT2D eigenvalue weighted by atomic mass is 9.88. The van der Waals surface area contributed by atoms with Gasteiger partial charge in [0.15, 0.2) is 0 Å². The number of nitrogens with two attached hydrogens (primary N) is 1. The minimum absolute atomic E-state index is 0.00968. The summed E-state index contributed by atoms with van der Waals surface area (Å²) in [6, 6.07) is 9.20. The molecule has 208 valence electrons. The number of aromatic nitrogens is 2. The van der Waals surface area contributed by atoms with Gasteiger partial charge in [-0.1, -0.05) is 19.3 Å². The second-order valence-electron chi connectivity index (χ2n) is 9.36. The van der Waals surface area contributed by atoms with Crippen LogP contribution in [0.15, 0.2) is 42.5 Å². The zero-order valence-electron chi connectivity index (χ0n) is 21.3. The van der Waals surface area contributed by atoms with Crippen molar-refractivity contribution < 1.29 is 32.3 Å². The molecular weight excluding hydrogens is 517 g/mol. The molecule has 4 rings (SSSR count). The van der Waals surface area contributed by atoms with Crippen LogP contribution in [0, 0.1) is 5.92 Å². The van der Waals surface area contributed by atoms with E-state index in [1.807, 2.05) is 0 Å². The first-order valence-electron chi connectivity index (χ1n) is 12.5. The summed E-state index contributed by atoms with van der Waals surface area (Å²) < 4.78 is 42.5. The van der Waals surface area contributed by atoms with E-state index in [-0.39, 0.29) is 36.4 Å². The Kier molecular flexibility index (Phi) is 8.27. The molecule has 2 aromatic carbocycles. The molecular formula is C26H29F3N6O4. The van der Waals surface area contributed by atoms with Crippen molar-refractivity contribution in [3.8, 4) is 5.75 Å². The van der Waals surface area contributed by atoms with Crippen molar-refractivity contribution in [2.75, 3.05) is 22.6 Å². The van der Waals surface area contributed by atoms with E-state index in [1.54, 1.807) is 34.7 Å². The molecule has 1 heterocycles. The third-order valence-corrected chi connectivity index (χ3v) is 6.56. The van der Waals surface area contributed by atoms with E-state index >= 15 is 0 Å². The van der Waals surface area contributed by atoms with E-state index in [1.165, 1.54) is 12.1 Å². The van der Waals surface area contributed by atoms with E-state index in [0.717, 1.165) is 44.2 Å². The summed E-state index contributed by atoms with van der Waals surface area (Å²) in [5, 5.41) is 5.12. The van der Waals surface area contributed by atoms with Crippen molar-refractivity contribution in [3.05, 3.63) is 42.5 Å². The Morgan fingerprint density at radius 3 is 2.41 bits per heavy atom. The van der Waals surface area contributed by atoms with Gasteiger partial charge in [-0.15, -0.1) is 13.2 Å². The summed E-state index contributed by atoms with van der Waals surface area (Å²) >= 11 is 0. The highest BCUT2D eigenvalue weighted by molar-refractivity contribution is 6.00. The fourth-order valence-electron chi connectivity index (χ4n) is 4.63. The number of ether oxygens (including phenoxy) is 1. The van der Waals surface area contributed by atoms with Crippen molar-refractivity contribution in [3.63, 3.8) is 0 Å². The summed E-state index contributed by atoms with van der Waals surface area (Å²) in [7, 11) is 1.72. The number of primary amides is 1. The molecule has 0 bridgehead atoms. The zero-order valence-corrected chi connectivity index (χ0v) is 21.3. The maximum atomic E-state index is 13.0. The van der Waals surface area contributed by atoms with Gasteiger partial charge >= 0.3 is 12.4 Å². The molecule has 1 aromatic heterocycles. The average Bonchev–Trinajstić information content (AvgIpc) is 3.23. The number of aryl methyl sites for hydroxylation is 1. The van der Waals surface area contributed by atoms with Crippen LogP contribution in [-0.4, -0.2) is 40.8 Å². The van der Waals surface area contributed by atoms with E-state index in [9.17, 15) is 27.6 Å². The highest BCUT2D eigenvalue weighted by atomic mass is 19.4. The first-order valence-corrected chi connectivity index (χ1v) is 12.5. The maximum absolute atomic E-state index is 13.0. The number of fused-ring (bicyclic) bond motifs is 1. The molecule has 0 unspecified atom stereocenters. The molecule has 3 aromatic rings. The number of nitrogens with one attached hydrogen (secondary N) is 2. The quantitative estimate of drug-likeness (QED) is 0.366. The van der Waals surface area contributed by atoms with Crippen LogP contribution in [0.2, 0.25) is 0 Å². The number of carbonyl (C=O) groups excluding carboxylic acids is 3. The summed E-state index contributed by atoms with van der Waals surface area (Å²) in [6.45, 7) is 0.140. The number of hydrogen-bond acceptors (Lipinski definition) is 5. The van der Waals surface area contributed by atoms with Crippen LogP contribution >= 0.6 is 0 Å². The minimum atomic E-state index is -4.83. The Bertz CT molecular complexity index is 1350. The van der Waals surface area contributed by atoms with E-state index < -0.39 is 24.1 Å². The van der Waals surface area contributed by atoms with Gasteiger partial charge in [-0.25, -0.2) is 9.78 Å². The van der Waals surface area contributed by atoms with Crippen LogP contribution in [0.4, 0.5) is 35.3 Å². The Balaban J connectivity index is 1.53. The summed E-state index contributed by atoms with van der Waals surface area (Å²) in [5.74, 6) is -0.805. The molecule has 10 nitrogen and oxygen atoms in total. The van der Waals surface area contributed by atoms with Crippen molar-refractivity contribution in [1.29, 1.82) is 0 Å². The number of amides is 4. The van der Waals surface area contributed by atoms with Crippen LogP contribution in [0.3, 0.4) is 0 Å². The number of benzene rings is 2. The number of urea groups is 1. The Labute approximate surface area is 222 Å². The van der Waals surface area contributed by atoms with Gasteiger partial charge in [0, 0.05) is 37.3 Å². The van der Waals surface area contributed by atoms with Gasteiger partial charge < -0.3 is 25.3 Å². The normalized spacial score (nSPS) is 14.2. The van der Waals surface area contributed by atoms with Crippen LogP contribution in [0.5, 0.6) is 5.75 Å². The fraction of sp³-hybridized carbons (Fsp3) is 0.385. The summed E-state index contributed by atoms with van der Waals surface area (Å²) in [6.07, 6.45) is 0.122. The monoisotopic (exact) mass is 546 g/mol. The number of nitrogens with zero attached hydrogens (tertiary/aromatic N) is 3. The summed E-state index contributed by atoms with van der Waals surface area (Å²) in [4.78, 5) is 43.2. The van der Waals surface area contributed by atoms with Gasteiger partial charge in [-0.3, -0.25) is 14.9 Å². The molecule has 0 radical (unpaired) electrons. The predicted octanol–water partition coefficient (Wildman–Crippen LogP) is 5.00. The number of alkyl halides is 3. The fourth-order valence-corrected chi connectivity index (χ4v) is 4.63.